The Morgan fingerprint density at radius 3 is 2.31 bits per heavy atom. The van der Waals surface area contributed by atoms with Crippen LogP contribution in [0.3, 0.4) is 0 Å². The first-order valence-corrected chi connectivity index (χ1v) is 5.00. The predicted molar refractivity (Wildman–Crippen MR) is 61.3 cm³/mol. The van der Waals surface area contributed by atoms with Crippen molar-refractivity contribution in [1.82, 2.24) is 0 Å². The summed E-state index contributed by atoms with van der Waals surface area (Å²) in [5.74, 6) is 0.365. The molecule has 1 aromatic rings. The Morgan fingerprint density at radius 2 is 1.88 bits per heavy atom. The van der Waals surface area contributed by atoms with Gasteiger partial charge in [-0.3, -0.25) is 4.79 Å². The molecule has 0 unspecified atom stereocenters. The number of carbonyl (C=O) groups is 1. The van der Waals surface area contributed by atoms with Gasteiger partial charge in [0.2, 0.25) is 0 Å². The molecule has 0 aliphatic carbocycles. The minimum absolute atomic E-state index is 0.414. The number of methoxy groups -OCH3 is 2. The molecular formula is C12H17NO3. The molecule has 1 rings (SSSR count). The first-order chi connectivity index (χ1) is 7.49. The monoisotopic (exact) mass is 222 g/mol. The number of hydrogen-bond acceptors (Lipinski definition) is 4. The zero-order chi connectivity index (χ0) is 12.2. The van der Waals surface area contributed by atoms with E-state index in [4.69, 9.17) is 10.5 Å². The van der Waals surface area contributed by atoms with Crippen LogP contribution >= 0.6 is 0 Å². The van der Waals surface area contributed by atoms with Crippen molar-refractivity contribution in [3.63, 3.8) is 0 Å². The first kappa shape index (κ1) is 12.5. The van der Waals surface area contributed by atoms with Gasteiger partial charge >= 0.3 is 5.97 Å². The lowest BCUT2D eigenvalue weighted by Crippen LogP contribution is -2.47. The summed E-state index contributed by atoms with van der Waals surface area (Å²) < 4.78 is 9.69. The molecule has 0 saturated heterocycles. The molecule has 0 aliphatic heterocycles. The number of carbonyl (C=O) groups excluding carboxylic acids is 1. The van der Waals surface area contributed by atoms with Gasteiger partial charge in [0, 0.05) is 6.42 Å². The van der Waals surface area contributed by atoms with Gasteiger partial charge in [-0.05, 0) is 24.6 Å². The molecule has 0 radical (unpaired) electrons. The van der Waals surface area contributed by atoms with Crippen LogP contribution < -0.4 is 10.5 Å². The van der Waals surface area contributed by atoms with Crippen molar-refractivity contribution in [2.24, 2.45) is 5.73 Å². The Labute approximate surface area is 95.3 Å². The summed E-state index contributed by atoms with van der Waals surface area (Å²) in [5.41, 5.74) is 5.84. The SMILES string of the molecule is COC(=O)[C@@]([11CH3])(N)Cc1ccc(OC)cc1. The van der Waals surface area contributed by atoms with E-state index in [1.807, 2.05) is 24.3 Å². The summed E-state index contributed by atoms with van der Waals surface area (Å²) in [5, 5.41) is 0. The van der Waals surface area contributed by atoms with Crippen LogP contribution in [-0.2, 0) is 16.0 Å². The molecule has 0 spiro atoms. The van der Waals surface area contributed by atoms with Gasteiger partial charge in [0.25, 0.3) is 0 Å². The quantitative estimate of drug-likeness (QED) is 0.776. The highest BCUT2D eigenvalue weighted by atomic mass is 16.5. The summed E-state index contributed by atoms with van der Waals surface area (Å²) >= 11 is 0. The smallest absolute Gasteiger partial charge is 0.325 e. The summed E-state index contributed by atoms with van der Waals surface area (Å²) in [4.78, 5) is 11.4. The van der Waals surface area contributed by atoms with Gasteiger partial charge in [-0.1, -0.05) is 12.1 Å². The van der Waals surface area contributed by atoms with Crippen molar-refractivity contribution < 1.29 is 14.3 Å². The van der Waals surface area contributed by atoms with E-state index in [1.54, 1.807) is 14.0 Å². The predicted octanol–water partition coefficient (Wildman–Crippen LogP) is 1.13. The minimum atomic E-state index is -0.997. The van der Waals surface area contributed by atoms with Gasteiger partial charge < -0.3 is 15.2 Å². The Morgan fingerprint density at radius 1 is 1.31 bits per heavy atom. The van der Waals surface area contributed by atoms with Crippen molar-refractivity contribution >= 4 is 5.97 Å². The molecule has 88 valence electrons. The second-order valence-electron chi connectivity index (χ2n) is 3.93. The van der Waals surface area contributed by atoms with E-state index in [1.165, 1.54) is 7.11 Å². The number of nitrogens with two attached hydrogens (primary N) is 1. The molecule has 0 saturated carbocycles. The lowest BCUT2D eigenvalue weighted by Gasteiger charge is -2.21. The van der Waals surface area contributed by atoms with Gasteiger partial charge in [-0.2, -0.15) is 0 Å². The molecule has 2 N–H and O–H groups in total. The topological polar surface area (TPSA) is 61.5 Å². The van der Waals surface area contributed by atoms with Crippen molar-refractivity contribution in [3.8, 4) is 5.75 Å². The molecule has 0 fully saturated rings. The van der Waals surface area contributed by atoms with Crippen LogP contribution in [-0.4, -0.2) is 25.7 Å². The minimum Gasteiger partial charge on any atom is -0.497 e. The normalized spacial score (nSPS) is 14.0. The summed E-state index contributed by atoms with van der Waals surface area (Å²) in [7, 11) is 2.94. The van der Waals surface area contributed by atoms with Crippen molar-refractivity contribution in [2.75, 3.05) is 14.2 Å². The lowest BCUT2D eigenvalue weighted by molar-refractivity contribution is -0.146. The van der Waals surface area contributed by atoms with Crippen LogP contribution in [0.5, 0.6) is 5.75 Å². The van der Waals surface area contributed by atoms with Crippen molar-refractivity contribution in [3.05, 3.63) is 29.8 Å². The zero-order valence-electron chi connectivity index (χ0n) is 9.82. The van der Waals surface area contributed by atoms with E-state index in [-0.39, 0.29) is 0 Å². The third-order valence-electron chi connectivity index (χ3n) is 2.38. The third-order valence-corrected chi connectivity index (χ3v) is 2.38. The standard InChI is InChI=1S/C12H17NO3/c1-12(13,11(14)16-3)8-9-4-6-10(15-2)7-5-9/h4-7H,8,13H2,1-3H3/t12-/m0/s1/i1-1. The number of benzene rings is 1. The highest BCUT2D eigenvalue weighted by Gasteiger charge is 2.29. The molecule has 0 bridgehead atoms. The molecule has 0 aliphatic rings. The Kier molecular flexibility index (Phi) is 3.90. The summed E-state index contributed by atoms with van der Waals surface area (Å²) in [6, 6.07) is 7.44. The number of hydrogen-bond donors (Lipinski definition) is 1. The lowest BCUT2D eigenvalue weighted by atomic mass is 9.79. The van der Waals surface area contributed by atoms with Crippen molar-refractivity contribution in [2.45, 2.75) is 18.9 Å². The van der Waals surface area contributed by atoms with Gasteiger partial charge in [0.1, 0.15) is 11.3 Å². The maximum atomic E-state index is 11.4. The molecule has 0 aromatic heterocycles. The Bertz CT molecular complexity index is 357. The molecule has 0 amide bonds. The van der Waals surface area contributed by atoms with Crippen molar-refractivity contribution in [1.29, 1.82) is 0 Å². The van der Waals surface area contributed by atoms with E-state index < -0.39 is 11.5 Å². The van der Waals surface area contributed by atoms with E-state index in [2.05, 4.69) is 4.74 Å². The van der Waals surface area contributed by atoms with Crippen LogP contribution in [0.2, 0.25) is 0 Å². The number of esters is 1. The fourth-order valence-corrected chi connectivity index (χ4v) is 1.47. The first-order valence-electron chi connectivity index (χ1n) is 5.00. The molecule has 0 heterocycles. The largest absolute Gasteiger partial charge is 0.497 e. The molecule has 1 atom stereocenters. The third kappa shape index (κ3) is 2.97. The molecule has 4 nitrogen and oxygen atoms in total. The van der Waals surface area contributed by atoms with Crippen LogP contribution in [0.15, 0.2) is 24.3 Å². The fraction of sp³-hybridized carbons (Fsp3) is 0.417. The molecule has 16 heavy (non-hydrogen) atoms. The summed E-state index contributed by atoms with van der Waals surface area (Å²) in [6.45, 7) is 1.66. The van der Waals surface area contributed by atoms with Gasteiger partial charge in [0.05, 0.1) is 14.2 Å². The second kappa shape index (κ2) is 4.99. The average Bonchev–Trinajstić information content (AvgIpc) is 2.28. The van der Waals surface area contributed by atoms with E-state index in [0.717, 1.165) is 11.3 Å². The number of ether oxygens (including phenoxy) is 2. The zero-order valence-corrected chi connectivity index (χ0v) is 9.82. The van der Waals surface area contributed by atoms with Crippen LogP contribution in [0.1, 0.15) is 12.5 Å². The van der Waals surface area contributed by atoms with Crippen LogP contribution in [0.4, 0.5) is 0 Å². The van der Waals surface area contributed by atoms with Crippen LogP contribution in [0, 0.1) is 0 Å². The van der Waals surface area contributed by atoms with E-state index in [0.29, 0.717) is 6.42 Å². The maximum Gasteiger partial charge on any atom is 0.325 e. The second-order valence-corrected chi connectivity index (χ2v) is 3.93. The van der Waals surface area contributed by atoms with E-state index in [9.17, 15) is 4.79 Å². The summed E-state index contributed by atoms with van der Waals surface area (Å²) in [6.07, 6.45) is 0.434. The Hall–Kier alpha value is -1.55. The van der Waals surface area contributed by atoms with E-state index >= 15 is 0 Å². The number of rotatable bonds is 4. The fourth-order valence-electron chi connectivity index (χ4n) is 1.47. The van der Waals surface area contributed by atoms with Gasteiger partial charge in [0.15, 0.2) is 0 Å². The van der Waals surface area contributed by atoms with Gasteiger partial charge in [-0.25, -0.2) is 0 Å². The maximum absolute atomic E-state index is 11.4. The van der Waals surface area contributed by atoms with Crippen LogP contribution in [0.25, 0.3) is 0 Å². The molecule has 4 heteroatoms. The average molecular weight is 222 g/mol. The molecule has 1 aromatic carbocycles. The highest BCUT2D eigenvalue weighted by molar-refractivity contribution is 5.80. The molecular weight excluding hydrogens is 205 g/mol. The van der Waals surface area contributed by atoms with Gasteiger partial charge in [-0.15, -0.1) is 0 Å². The Balaban J connectivity index is 2.76. The highest BCUT2D eigenvalue weighted by Crippen LogP contribution is 2.16.